The zero-order valence-electron chi connectivity index (χ0n) is 8.04. The Balaban J connectivity index is 2.84. The molecule has 1 aromatic rings. The molecule has 4 heteroatoms. The minimum atomic E-state index is -0.255. The van der Waals surface area contributed by atoms with Crippen molar-refractivity contribution < 1.29 is 14.3 Å². The second-order valence-electron chi connectivity index (χ2n) is 2.72. The molecule has 1 aromatic carbocycles. The number of esters is 1. The minimum Gasteiger partial charge on any atom is -0.496 e. The average Bonchev–Trinajstić information content (AvgIpc) is 2.20. The van der Waals surface area contributed by atoms with E-state index in [1.165, 1.54) is 7.11 Å². The standard InChI is InChI=1S/C10H11BrO3/c1-13-9-5-7(3-4-8(9)11)6-10(12)14-2/h3-5H,6H2,1-2H3. The molecule has 0 atom stereocenters. The van der Waals surface area contributed by atoms with Gasteiger partial charge in [-0.15, -0.1) is 0 Å². The Hall–Kier alpha value is -1.03. The zero-order valence-corrected chi connectivity index (χ0v) is 9.63. The van der Waals surface area contributed by atoms with Crippen LogP contribution in [0.1, 0.15) is 5.56 Å². The molecule has 0 aromatic heterocycles. The van der Waals surface area contributed by atoms with E-state index >= 15 is 0 Å². The van der Waals surface area contributed by atoms with Gasteiger partial charge in [0, 0.05) is 0 Å². The maximum atomic E-state index is 11.0. The number of hydrogen-bond acceptors (Lipinski definition) is 3. The number of rotatable bonds is 3. The second kappa shape index (κ2) is 5.00. The predicted octanol–water partition coefficient (Wildman–Crippen LogP) is 2.17. The van der Waals surface area contributed by atoms with Crippen molar-refractivity contribution in [3.8, 4) is 5.75 Å². The first-order valence-corrected chi connectivity index (χ1v) is 4.86. The largest absolute Gasteiger partial charge is 0.496 e. The van der Waals surface area contributed by atoms with Crippen molar-refractivity contribution in [1.82, 2.24) is 0 Å². The molecule has 0 aliphatic carbocycles. The summed E-state index contributed by atoms with van der Waals surface area (Å²) in [6, 6.07) is 5.50. The van der Waals surface area contributed by atoms with Gasteiger partial charge >= 0.3 is 5.97 Å². The van der Waals surface area contributed by atoms with Crippen LogP contribution in [0.3, 0.4) is 0 Å². The molecule has 0 saturated carbocycles. The maximum Gasteiger partial charge on any atom is 0.309 e. The van der Waals surface area contributed by atoms with Crippen LogP contribution in [0, 0.1) is 0 Å². The molecule has 76 valence electrons. The molecule has 0 amide bonds. The van der Waals surface area contributed by atoms with Gasteiger partial charge in [-0.1, -0.05) is 6.07 Å². The normalized spacial score (nSPS) is 9.64. The summed E-state index contributed by atoms with van der Waals surface area (Å²) in [6.45, 7) is 0. The summed E-state index contributed by atoms with van der Waals surface area (Å²) < 4.78 is 10.5. The fraction of sp³-hybridized carbons (Fsp3) is 0.300. The first-order valence-electron chi connectivity index (χ1n) is 4.06. The number of ether oxygens (including phenoxy) is 2. The number of methoxy groups -OCH3 is 2. The third-order valence-electron chi connectivity index (χ3n) is 1.79. The molecule has 0 bridgehead atoms. The molecule has 0 unspecified atom stereocenters. The molecule has 0 fully saturated rings. The number of hydrogen-bond donors (Lipinski definition) is 0. The first kappa shape index (κ1) is 11.0. The van der Waals surface area contributed by atoms with Crippen LogP contribution >= 0.6 is 15.9 Å². The van der Waals surface area contributed by atoms with Crippen LogP contribution < -0.4 is 4.74 Å². The molecule has 0 N–H and O–H groups in total. The van der Waals surface area contributed by atoms with Gasteiger partial charge in [0.05, 0.1) is 25.1 Å². The Morgan fingerprint density at radius 1 is 1.43 bits per heavy atom. The monoisotopic (exact) mass is 258 g/mol. The van der Waals surface area contributed by atoms with Crippen molar-refractivity contribution in [2.24, 2.45) is 0 Å². The molecule has 14 heavy (non-hydrogen) atoms. The summed E-state index contributed by atoms with van der Waals surface area (Å²) >= 11 is 3.33. The lowest BCUT2D eigenvalue weighted by molar-refractivity contribution is -0.139. The molecule has 0 aliphatic rings. The molecule has 3 nitrogen and oxygen atoms in total. The van der Waals surface area contributed by atoms with Crippen LogP contribution in [0.5, 0.6) is 5.75 Å². The molecule has 0 saturated heterocycles. The van der Waals surface area contributed by atoms with E-state index in [-0.39, 0.29) is 12.4 Å². The fourth-order valence-electron chi connectivity index (χ4n) is 1.05. The van der Waals surface area contributed by atoms with E-state index in [1.807, 2.05) is 12.1 Å². The number of halogens is 1. The summed E-state index contributed by atoms with van der Waals surface area (Å²) in [4.78, 5) is 11.0. The van der Waals surface area contributed by atoms with Crippen LogP contribution in [0.15, 0.2) is 22.7 Å². The quantitative estimate of drug-likeness (QED) is 0.780. The Labute approximate surface area is 91.1 Å². The smallest absolute Gasteiger partial charge is 0.309 e. The number of carbonyl (C=O) groups is 1. The lowest BCUT2D eigenvalue weighted by atomic mass is 10.1. The summed E-state index contributed by atoms with van der Waals surface area (Å²) in [7, 11) is 2.96. The number of carbonyl (C=O) groups excluding carboxylic acids is 1. The number of benzene rings is 1. The van der Waals surface area contributed by atoms with Crippen LogP contribution in [0.4, 0.5) is 0 Å². The molecule has 0 radical (unpaired) electrons. The van der Waals surface area contributed by atoms with Crippen molar-refractivity contribution in [3.63, 3.8) is 0 Å². The van der Waals surface area contributed by atoms with E-state index in [0.29, 0.717) is 5.75 Å². The van der Waals surface area contributed by atoms with Gasteiger partial charge in [0.15, 0.2) is 0 Å². The van der Waals surface area contributed by atoms with Crippen LogP contribution in [-0.4, -0.2) is 20.2 Å². The fourth-order valence-corrected chi connectivity index (χ4v) is 1.46. The predicted molar refractivity (Wildman–Crippen MR) is 56.4 cm³/mol. The van der Waals surface area contributed by atoms with E-state index in [4.69, 9.17) is 4.74 Å². The molecular weight excluding hydrogens is 248 g/mol. The zero-order chi connectivity index (χ0) is 10.6. The van der Waals surface area contributed by atoms with Crippen molar-refractivity contribution in [2.75, 3.05) is 14.2 Å². The highest BCUT2D eigenvalue weighted by molar-refractivity contribution is 9.10. The van der Waals surface area contributed by atoms with Gasteiger partial charge in [0.25, 0.3) is 0 Å². The molecule has 0 aliphatic heterocycles. The van der Waals surface area contributed by atoms with Crippen LogP contribution in [0.2, 0.25) is 0 Å². The van der Waals surface area contributed by atoms with Crippen molar-refractivity contribution in [3.05, 3.63) is 28.2 Å². The Morgan fingerprint density at radius 2 is 2.14 bits per heavy atom. The molecular formula is C10H11BrO3. The third-order valence-corrected chi connectivity index (χ3v) is 2.45. The molecule has 0 heterocycles. The van der Waals surface area contributed by atoms with Gasteiger partial charge in [-0.2, -0.15) is 0 Å². The van der Waals surface area contributed by atoms with Crippen LogP contribution in [0.25, 0.3) is 0 Å². The lowest BCUT2D eigenvalue weighted by Gasteiger charge is -2.05. The minimum absolute atomic E-state index is 0.255. The van der Waals surface area contributed by atoms with Gasteiger partial charge in [0.2, 0.25) is 0 Å². The second-order valence-corrected chi connectivity index (χ2v) is 3.58. The Morgan fingerprint density at radius 3 is 2.71 bits per heavy atom. The summed E-state index contributed by atoms with van der Waals surface area (Å²) in [6.07, 6.45) is 0.264. The van der Waals surface area contributed by atoms with Crippen molar-refractivity contribution in [2.45, 2.75) is 6.42 Å². The average molecular weight is 259 g/mol. The van der Waals surface area contributed by atoms with Gasteiger partial charge in [-0.25, -0.2) is 0 Å². The van der Waals surface area contributed by atoms with E-state index in [9.17, 15) is 4.79 Å². The van der Waals surface area contributed by atoms with Gasteiger partial charge in [-0.05, 0) is 33.6 Å². The van der Waals surface area contributed by atoms with E-state index in [1.54, 1.807) is 13.2 Å². The van der Waals surface area contributed by atoms with Crippen molar-refractivity contribution in [1.29, 1.82) is 0 Å². The van der Waals surface area contributed by atoms with Gasteiger partial charge in [0.1, 0.15) is 5.75 Å². The van der Waals surface area contributed by atoms with Crippen LogP contribution in [-0.2, 0) is 16.0 Å². The SMILES string of the molecule is COC(=O)Cc1ccc(Br)c(OC)c1. The summed E-state index contributed by atoms with van der Waals surface area (Å²) in [5.74, 6) is 0.459. The highest BCUT2D eigenvalue weighted by Crippen LogP contribution is 2.25. The van der Waals surface area contributed by atoms with E-state index in [0.717, 1.165) is 10.0 Å². The summed E-state index contributed by atoms with van der Waals surface area (Å²) in [5.41, 5.74) is 0.872. The third kappa shape index (κ3) is 2.73. The molecule has 0 spiro atoms. The summed E-state index contributed by atoms with van der Waals surface area (Å²) in [5, 5.41) is 0. The van der Waals surface area contributed by atoms with E-state index < -0.39 is 0 Å². The van der Waals surface area contributed by atoms with Gasteiger partial charge in [-0.3, -0.25) is 4.79 Å². The first-order chi connectivity index (χ1) is 6.67. The molecule has 1 rings (SSSR count). The van der Waals surface area contributed by atoms with Gasteiger partial charge < -0.3 is 9.47 Å². The van der Waals surface area contributed by atoms with Crippen molar-refractivity contribution >= 4 is 21.9 Å². The highest BCUT2D eigenvalue weighted by Gasteiger charge is 2.05. The van der Waals surface area contributed by atoms with E-state index in [2.05, 4.69) is 20.7 Å². The Bertz CT molecular complexity index is 336. The highest BCUT2D eigenvalue weighted by atomic mass is 79.9. The maximum absolute atomic E-state index is 11.0. The topological polar surface area (TPSA) is 35.5 Å². The Kier molecular flexibility index (Phi) is 3.95. The lowest BCUT2D eigenvalue weighted by Crippen LogP contribution is -2.04.